The molecule has 2 unspecified atom stereocenters. The molecule has 0 radical (unpaired) electrons. The summed E-state index contributed by atoms with van der Waals surface area (Å²) in [4.78, 5) is 0. The second-order valence-corrected chi connectivity index (χ2v) is 3.96. The molecule has 0 amide bonds. The van der Waals surface area contributed by atoms with Gasteiger partial charge in [-0.1, -0.05) is 26.8 Å². The topological polar surface area (TPSA) is 32.3 Å². The molecule has 1 heterocycles. The lowest BCUT2D eigenvalue weighted by Gasteiger charge is -2.25. The zero-order valence-electron chi connectivity index (χ0n) is 11.5. The Hall–Kier alpha value is -0.830. The van der Waals surface area contributed by atoms with Gasteiger partial charge in [0.2, 0.25) is 0 Å². The molecule has 1 aliphatic heterocycles. The average Bonchev–Trinajstić information content (AvgIpc) is 2.38. The Morgan fingerprint density at radius 2 is 2.12 bits per heavy atom. The lowest BCUT2D eigenvalue weighted by atomic mass is 9.96. The third-order valence-electron chi connectivity index (χ3n) is 2.82. The smallest absolute Gasteiger partial charge is 0.0895 e. The molecule has 3 heteroatoms. The van der Waals surface area contributed by atoms with Gasteiger partial charge in [0, 0.05) is 6.20 Å². The molecule has 2 N–H and O–H groups in total. The van der Waals surface area contributed by atoms with Crippen LogP contribution in [0.3, 0.4) is 0 Å². The van der Waals surface area contributed by atoms with E-state index in [-0.39, 0.29) is 12.7 Å². The normalized spacial score (nSPS) is 20.5. The average molecular weight is 243 g/mol. The van der Waals surface area contributed by atoms with Crippen LogP contribution in [0.5, 0.6) is 0 Å². The number of alkyl halides is 1. The first kappa shape index (κ1) is 16.2. The van der Waals surface area contributed by atoms with E-state index in [1.165, 1.54) is 11.1 Å². The summed E-state index contributed by atoms with van der Waals surface area (Å²) in [6, 6.07) is -0.0631. The molecule has 0 aromatic heterocycles. The quantitative estimate of drug-likeness (QED) is 0.776. The number of rotatable bonds is 5. The predicted molar refractivity (Wildman–Crippen MR) is 71.6 cm³/mol. The zero-order valence-corrected chi connectivity index (χ0v) is 11.5. The molecule has 0 aromatic rings. The molecule has 2 atom stereocenters. The van der Waals surface area contributed by atoms with Crippen LogP contribution in [-0.2, 0) is 0 Å². The maximum atomic E-state index is 12.0. The molecular formula is C14H26FNO. The van der Waals surface area contributed by atoms with Crippen LogP contribution in [0, 0.1) is 0 Å². The Bertz CT molecular complexity index is 261. The molecular weight excluding hydrogens is 217 g/mol. The van der Waals surface area contributed by atoms with E-state index in [1.807, 2.05) is 33.0 Å². The van der Waals surface area contributed by atoms with Crippen LogP contribution in [0.1, 0.15) is 47.0 Å². The van der Waals surface area contributed by atoms with Gasteiger partial charge in [0.15, 0.2) is 0 Å². The highest BCUT2D eigenvalue weighted by Crippen LogP contribution is 2.19. The van der Waals surface area contributed by atoms with E-state index in [4.69, 9.17) is 0 Å². The summed E-state index contributed by atoms with van der Waals surface area (Å²) < 4.78 is 12.0. The summed E-state index contributed by atoms with van der Waals surface area (Å²) in [5.74, 6) is 0. The minimum atomic E-state index is -0.495. The molecule has 1 rings (SSSR count). The maximum absolute atomic E-state index is 12.0. The fourth-order valence-electron chi connectivity index (χ4n) is 1.80. The van der Waals surface area contributed by atoms with E-state index in [1.54, 1.807) is 0 Å². The van der Waals surface area contributed by atoms with Gasteiger partial charge in [-0.15, -0.1) is 0 Å². The minimum absolute atomic E-state index is 0.0631. The molecule has 0 fully saturated rings. The number of aliphatic hydroxyl groups is 1. The third kappa shape index (κ3) is 5.35. The van der Waals surface area contributed by atoms with E-state index in [0.29, 0.717) is 12.8 Å². The standard InChI is InChI=1S/C12H20FNO.C2H6/c1-3-10-8-14-11(7-9(10)2)12(15)5-4-6-13;1-2/h7-8,11-12,14-15H,3-6H2,1-2H3;1-2H3. The summed E-state index contributed by atoms with van der Waals surface area (Å²) >= 11 is 0. The fraction of sp³-hybridized carbons (Fsp3) is 0.714. The highest BCUT2D eigenvalue weighted by atomic mass is 19.1. The number of hydrogen-bond acceptors (Lipinski definition) is 2. The zero-order chi connectivity index (χ0) is 13.3. The van der Waals surface area contributed by atoms with Crippen LogP contribution in [-0.4, -0.2) is 23.9 Å². The van der Waals surface area contributed by atoms with Crippen LogP contribution in [0.2, 0.25) is 0 Å². The number of aliphatic hydroxyl groups excluding tert-OH is 1. The van der Waals surface area contributed by atoms with Crippen molar-refractivity contribution in [2.75, 3.05) is 6.67 Å². The Morgan fingerprint density at radius 3 is 2.59 bits per heavy atom. The first-order valence-electron chi connectivity index (χ1n) is 6.57. The van der Waals surface area contributed by atoms with Gasteiger partial charge in [0.25, 0.3) is 0 Å². The van der Waals surface area contributed by atoms with E-state index in [2.05, 4.69) is 12.2 Å². The van der Waals surface area contributed by atoms with Crippen molar-refractivity contribution in [3.05, 3.63) is 23.4 Å². The number of hydrogen-bond donors (Lipinski definition) is 2. The number of allylic oxidation sites excluding steroid dienone is 2. The largest absolute Gasteiger partial charge is 0.391 e. The van der Waals surface area contributed by atoms with Crippen molar-refractivity contribution in [1.29, 1.82) is 0 Å². The summed E-state index contributed by atoms with van der Waals surface area (Å²) in [6.45, 7) is 7.79. The van der Waals surface area contributed by atoms with E-state index < -0.39 is 6.10 Å². The second kappa shape index (κ2) is 9.23. The summed E-state index contributed by atoms with van der Waals surface area (Å²) in [5.41, 5.74) is 2.48. The molecule has 0 spiro atoms. The molecule has 0 bridgehead atoms. The minimum Gasteiger partial charge on any atom is -0.391 e. The molecule has 0 saturated heterocycles. The van der Waals surface area contributed by atoms with Gasteiger partial charge >= 0.3 is 0 Å². The first-order chi connectivity index (χ1) is 8.19. The van der Waals surface area contributed by atoms with Crippen molar-refractivity contribution in [2.45, 2.75) is 59.1 Å². The van der Waals surface area contributed by atoms with Crippen LogP contribution in [0.25, 0.3) is 0 Å². The van der Waals surface area contributed by atoms with Crippen molar-refractivity contribution < 1.29 is 9.50 Å². The SMILES string of the molecule is CC.CCC1=CNC(C(O)CCCF)C=C1C. The highest BCUT2D eigenvalue weighted by Gasteiger charge is 2.18. The van der Waals surface area contributed by atoms with Gasteiger partial charge < -0.3 is 10.4 Å². The van der Waals surface area contributed by atoms with E-state index in [0.717, 1.165) is 6.42 Å². The van der Waals surface area contributed by atoms with Gasteiger partial charge in [-0.3, -0.25) is 4.39 Å². The number of halogens is 1. The van der Waals surface area contributed by atoms with Crippen molar-refractivity contribution in [3.8, 4) is 0 Å². The molecule has 0 saturated carbocycles. The van der Waals surface area contributed by atoms with Crippen molar-refractivity contribution >= 4 is 0 Å². The Balaban J connectivity index is 0.00000121. The second-order valence-electron chi connectivity index (χ2n) is 3.96. The van der Waals surface area contributed by atoms with Crippen LogP contribution < -0.4 is 5.32 Å². The van der Waals surface area contributed by atoms with E-state index >= 15 is 0 Å². The van der Waals surface area contributed by atoms with Crippen molar-refractivity contribution in [3.63, 3.8) is 0 Å². The molecule has 0 aliphatic carbocycles. The Morgan fingerprint density at radius 1 is 1.47 bits per heavy atom. The summed E-state index contributed by atoms with van der Waals surface area (Å²) in [6.07, 6.45) is 5.41. The molecule has 2 nitrogen and oxygen atoms in total. The van der Waals surface area contributed by atoms with Gasteiger partial charge in [0.05, 0.1) is 18.8 Å². The van der Waals surface area contributed by atoms with Crippen LogP contribution in [0.15, 0.2) is 23.4 Å². The highest BCUT2D eigenvalue weighted by molar-refractivity contribution is 5.33. The number of nitrogens with one attached hydrogen (secondary N) is 1. The lowest BCUT2D eigenvalue weighted by Crippen LogP contribution is -2.37. The van der Waals surface area contributed by atoms with E-state index in [9.17, 15) is 9.50 Å². The Kier molecular flexibility index (Phi) is 8.78. The number of dihydropyridines is 1. The molecule has 1 aliphatic rings. The maximum Gasteiger partial charge on any atom is 0.0895 e. The Labute approximate surface area is 105 Å². The van der Waals surface area contributed by atoms with Crippen LogP contribution in [0.4, 0.5) is 4.39 Å². The third-order valence-corrected chi connectivity index (χ3v) is 2.82. The monoisotopic (exact) mass is 243 g/mol. The van der Waals surface area contributed by atoms with Crippen molar-refractivity contribution in [2.24, 2.45) is 0 Å². The first-order valence-corrected chi connectivity index (χ1v) is 6.57. The van der Waals surface area contributed by atoms with Gasteiger partial charge in [-0.05, 0) is 37.3 Å². The summed E-state index contributed by atoms with van der Waals surface area (Å²) in [7, 11) is 0. The van der Waals surface area contributed by atoms with Gasteiger partial charge in [-0.25, -0.2) is 0 Å². The molecule has 0 aromatic carbocycles. The van der Waals surface area contributed by atoms with Gasteiger partial charge in [0.1, 0.15) is 0 Å². The molecule has 17 heavy (non-hydrogen) atoms. The summed E-state index contributed by atoms with van der Waals surface area (Å²) in [5, 5.41) is 12.9. The van der Waals surface area contributed by atoms with Crippen molar-refractivity contribution in [1.82, 2.24) is 5.32 Å². The fourth-order valence-corrected chi connectivity index (χ4v) is 1.80. The molecule has 100 valence electrons. The lowest BCUT2D eigenvalue weighted by molar-refractivity contribution is 0.135. The van der Waals surface area contributed by atoms with Crippen LogP contribution >= 0.6 is 0 Å². The predicted octanol–water partition coefficient (Wildman–Crippen LogP) is 3.34. The van der Waals surface area contributed by atoms with Gasteiger partial charge in [-0.2, -0.15) is 0 Å².